The van der Waals surface area contributed by atoms with Crippen molar-refractivity contribution in [2.45, 2.75) is 33.2 Å². The van der Waals surface area contributed by atoms with Crippen molar-refractivity contribution in [1.29, 1.82) is 0 Å². The summed E-state index contributed by atoms with van der Waals surface area (Å²) < 4.78 is 5.35. The fourth-order valence-electron chi connectivity index (χ4n) is 2.52. The molecule has 0 amide bonds. The summed E-state index contributed by atoms with van der Waals surface area (Å²) in [6, 6.07) is 15.2. The minimum Gasteiger partial charge on any atom is -0.497 e. The van der Waals surface area contributed by atoms with Gasteiger partial charge in [0, 0.05) is 6.54 Å². The van der Waals surface area contributed by atoms with Crippen LogP contribution in [-0.4, -0.2) is 13.7 Å². The van der Waals surface area contributed by atoms with E-state index < -0.39 is 0 Å². The first-order chi connectivity index (χ1) is 10.3. The molecule has 0 spiro atoms. The van der Waals surface area contributed by atoms with Crippen LogP contribution < -0.4 is 10.1 Å². The smallest absolute Gasteiger partial charge is 0.119 e. The van der Waals surface area contributed by atoms with E-state index in [9.17, 15) is 0 Å². The number of methoxy groups -OCH3 is 1. The first-order valence-electron chi connectivity index (χ1n) is 7.75. The van der Waals surface area contributed by atoms with Gasteiger partial charge in [-0.2, -0.15) is 0 Å². The molecule has 0 fully saturated rings. The summed E-state index contributed by atoms with van der Waals surface area (Å²) in [5.41, 5.74) is 5.23. The van der Waals surface area contributed by atoms with Crippen LogP contribution in [0.25, 0.3) is 11.1 Å². The highest BCUT2D eigenvalue weighted by Gasteiger charge is 2.07. The first-order valence-corrected chi connectivity index (χ1v) is 7.75. The number of benzene rings is 2. The van der Waals surface area contributed by atoms with Crippen LogP contribution in [0.2, 0.25) is 0 Å². The summed E-state index contributed by atoms with van der Waals surface area (Å²) in [5.74, 6) is 0.911. The van der Waals surface area contributed by atoms with Crippen LogP contribution in [0.5, 0.6) is 5.75 Å². The lowest BCUT2D eigenvalue weighted by molar-refractivity contribution is 0.414. The summed E-state index contributed by atoms with van der Waals surface area (Å²) in [4.78, 5) is 0. The maximum atomic E-state index is 5.35. The van der Waals surface area contributed by atoms with Gasteiger partial charge in [0.2, 0.25) is 0 Å². The Morgan fingerprint density at radius 1 is 1.00 bits per heavy atom. The van der Waals surface area contributed by atoms with Crippen molar-refractivity contribution in [2.24, 2.45) is 0 Å². The molecule has 2 aromatic carbocycles. The van der Waals surface area contributed by atoms with Crippen molar-refractivity contribution >= 4 is 0 Å². The maximum absolute atomic E-state index is 5.35. The molecule has 0 aromatic heterocycles. The van der Waals surface area contributed by atoms with Crippen LogP contribution in [0.4, 0.5) is 0 Å². The molecule has 0 radical (unpaired) electrons. The molecule has 2 nitrogen and oxygen atoms in total. The van der Waals surface area contributed by atoms with Gasteiger partial charge in [0.1, 0.15) is 5.75 Å². The summed E-state index contributed by atoms with van der Waals surface area (Å²) in [5, 5.41) is 3.40. The highest BCUT2D eigenvalue weighted by Crippen LogP contribution is 2.28. The van der Waals surface area contributed by atoms with Crippen molar-refractivity contribution in [3.63, 3.8) is 0 Å². The molecule has 2 heteroatoms. The first kappa shape index (κ1) is 15.6. The molecule has 2 aromatic rings. The molecule has 0 saturated carbocycles. The molecule has 0 unspecified atom stereocenters. The van der Waals surface area contributed by atoms with Crippen molar-refractivity contribution in [1.82, 2.24) is 5.32 Å². The maximum Gasteiger partial charge on any atom is 0.119 e. The number of hydrogen-bond acceptors (Lipinski definition) is 2. The second-order valence-electron chi connectivity index (χ2n) is 5.25. The summed E-state index contributed by atoms with van der Waals surface area (Å²) in [7, 11) is 1.71. The Kier molecular flexibility index (Phi) is 5.82. The topological polar surface area (TPSA) is 21.3 Å². The molecule has 0 aliphatic rings. The third-order valence-corrected chi connectivity index (χ3v) is 3.68. The molecule has 1 N–H and O–H groups in total. The Morgan fingerprint density at radius 2 is 1.76 bits per heavy atom. The number of hydrogen-bond donors (Lipinski definition) is 1. The molecule has 2 rings (SSSR count). The lowest BCUT2D eigenvalue weighted by atomic mass is 9.97. The van der Waals surface area contributed by atoms with Crippen LogP contribution in [0, 0.1) is 0 Å². The number of aryl methyl sites for hydroxylation is 1. The van der Waals surface area contributed by atoms with E-state index >= 15 is 0 Å². The third kappa shape index (κ3) is 4.08. The van der Waals surface area contributed by atoms with Crippen LogP contribution in [-0.2, 0) is 13.0 Å². The molecule has 0 aliphatic carbocycles. The van der Waals surface area contributed by atoms with E-state index in [1.165, 1.54) is 28.7 Å². The molecule has 0 aliphatic heterocycles. The quantitative estimate of drug-likeness (QED) is 0.812. The fourth-order valence-corrected chi connectivity index (χ4v) is 2.52. The van der Waals surface area contributed by atoms with E-state index in [0.717, 1.165) is 25.3 Å². The molecule has 21 heavy (non-hydrogen) atoms. The summed E-state index contributed by atoms with van der Waals surface area (Å²) in [6.45, 7) is 6.16. The monoisotopic (exact) mass is 283 g/mol. The normalized spacial score (nSPS) is 10.6. The van der Waals surface area contributed by atoms with Gasteiger partial charge in [-0.25, -0.2) is 0 Å². The Hall–Kier alpha value is -1.80. The average Bonchev–Trinajstić information content (AvgIpc) is 2.54. The van der Waals surface area contributed by atoms with Crippen LogP contribution >= 0.6 is 0 Å². The Morgan fingerprint density at radius 3 is 2.38 bits per heavy atom. The predicted molar refractivity (Wildman–Crippen MR) is 89.8 cm³/mol. The largest absolute Gasteiger partial charge is 0.497 e. The van der Waals surface area contributed by atoms with Gasteiger partial charge in [-0.05, 0) is 47.4 Å². The molecule has 0 saturated heterocycles. The number of nitrogens with one attached hydrogen (secondary N) is 1. The SMILES string of the molecule is CCCc1ccc(-c2ccc(OC)cc2CNCC)cc1. The van der Waals surface area contributed by atoms with E-state index in [1.807, 2.05) is 6.07 Å². The average molecular weight is 283 g/mol. The van der Waals surface area contributed by atoms with Gasteiger partial charge in [0.25, 0.3) is 0 Å². The van der Waals surface area contributed by atoms with Crippen LogP contribution in [0.3, 0.4) is 0 Å². The standard InChI is InChI=1S/C19H25NO/c1-4-6-15-7-9-16(10-8-15)19-12-11-18(21-3)13-17(19)14-20-5-2/h7-13,20H,4-6,14H2,1-3H3. The Bertz CT molecular complexity index is 560. The number of rotatable bonds is 7. The van der Waals surface area contributed by atoms with Gasteiger partial charge >= 0.3 is 0 Å². The summed E-state index contributed by atoms with van der Waals surface area (Å²) >= 11 is 0. The molecule has 0 bridgehead atoms. The zero-order valence-electron chi connectivity index (χ0n) is 13.3. The van der Waals surface area contributed by atoms with Crippen molar-refractivity contribution in [3.05, 3.63) is 53.6 Å². The molecule has 0 heterocycles. The van der Waals surface area contributed by atoms with Gasteiger partial charge in [-0.3, -0.25) is 0 Å². The molecule has 0 atom stereocenters. The van der Waals surface area contributed by atoms with Crippen molar-refractivity contribution in [2.75, 3.05) is 13.7 Å². The number of ether oxygens (including phenoxy) is 1. The van der Waals surface area contributed by atoms with Crippen molar-refractivity contribution < 1.29 is 4.74 Å². The fraction of sp³-hybridized carbons (Fsp3) is 0.368. The van der Waals surface area contributed by atoms with Crippen LogP contribution in [0.1, 0.15) is 31.4 Å². The summed E-state index contributed by atoms with van der Waals surface area (Å²) in [6.07, 6.45) is 2.33. The highest BCUT2D eigenvalue weighted by molar-refractivity contribution is 5.68. The van der Waals surface area contributed by atoms with Gasteiger partial charge in [0.05, 0.1) is 7.11 Å². The van der Waals surface area contributed by atoms with Gasteiger partial charge in [-0.1, -0.05) is 50.6 Å². The van der Waals surface area contributed by atoms with Crippen molar-refractivity contribution in [3.8, 4) is 16.9 Å². The van der Waals surface area contributed by atoms with E-state index in [4.69, 9.17) is 4.74 Å². The zero-order valence-corrected chi connectivity index (χ0v) is 13.3. The molecular weight excluding hydrogens is 258 g/mol. The third-order valence-electron chi connectivity index (χ3n) is 3.68. The lowest BCUT2D eigenvalue weighted by Crippen LogP contribution is -2.12. The predicted octanol–water partition coefficient (Wildman–Crippen LogP) is 4.42. The zero-order chi connectivity index (χ0) is 15.1. The van der Waals surface area contributed by atoms with E-state index in [-0.39, 0.29) is 0 Å². The van der Waals surface area contributed by atoms with Crippen LogP contribution in [0.15, 0.2) is 42.5 Å². The minimum atomic E-state index is 0.861. The van der Waals surface area contributed by atoms with Gasteiger partial charge in [0.15, 0.2) is 0 Å². The second-order valence-corrected chi connectivity index (χ2v) is 5.25. The second kappa shape index (κ2) is 7.84. The lowest BCUT2D eigenvalue weighted by Gasteiger charge is -2.13. The van der Waals surface area contributed by atoms with E-state index in [0.29, 0.717) is 0 Å². The molecular formula is C19H25NO. The Balaban J connectivity index is 2.32. The Labute approximate surface area is 128 Å². The van der Waals surface area contributed by atoms with E-state index in [2.05, 4.69) is 55.6 Å². The van der Waals surface area contributed by atoms with Gasteiger partial charge in [-0.15, -0.1) is 0 Å². The minimum absolute atomic E-state index is 0.861. The highest BCUT2D eigenvalue weighted by atomic mass is 16.5. The van der Waals surface area contributed by atoms with Gasteiger partial charge < -0.3 is 10.1 Å². The molecule has 112 valence electrons. The van der Waals surface area contributed by atoms with E-state index in [1.54, 1.807) is 7.11 Å².